The fourth-order valence-electron chi connectivity index (χ4n) is 5.64. The molecular formula is C43H41NO. The summed E-state index contributed by atoms with van der Waals surface area (Å²) in [6.45, 7) is 12.7. The van der Waals surface area contributed by atoms with E-state index in [1.807, 2.05) is 31.2 Å². The van der Waals surface area contributed by atoms with Crippen molar-refractivity contribution >= 4 is 11.1 Å². The van der Waals surface area contributed by atoms with Gasteiger partial charge in [-0.3, -0.25) is 0 Å². The number of para-hydroxylation sites is 1. The molecule has 1 aliphatic rings. The summed E-state index contributed by atoms with van der Waals surface area (Å²) in [5, 5.41) is 0. The van der Waals surface area contributed by atoms with Crippen molar-refractivity contribution in [2.75, 3.05) is 0 Å². The van der Waals surface area contributed by atoms with Crippen LogP contribution in [0.4, 0.5) is 0 Å². The minimum absolute atomic E-state index is 0.145. The maximum absolute atomic E-state index is 6.85. The molecule has 2 nitrogen and oxygen atoms in total. The van der Waals surface area contributed by atoms with Crippen molar-refractivity contribution in [2.45, 2.75) is 32.7 Å². The maximum atomic E-state index is 6.85. The van der Waals surface area contributed by atoms with Crippen molar-refractivity contribution in [2.24, 2.45) is 5.73 Å². The Labute approximate surface area is 268 Å². The molecule has 0 aliphatic carbocycles. The first-order chi connectivity index (χ1) is 21.9. The van der Waals surface area contributed by atoms with Crippen LogP contribution in [0.3, 0.4) is 0 Å². The highest BCUT2D eigenvalue weighted by Gasteiger charge is 2.16. The standard InChI is InChI=1S/C43H41NO/c1-5-15-31(2)28-38(39-21-12-13-22-41(39)42(44)30-34-17-9-7-10-18-34)29-32(3)35-24-26-36(27-25-35)40-23-14-20-37-19-11-6-8-16-33(4)45-43(37)40/h5-18,20-29,42H,3-4,19,30,44H2,1-2H3/b11-6-,15-5-,16-8-,31-28+,38-29+. The molecule has 0 radical (unpaired) electrons. The highest BCUT2D eigenvalue weighted by atomic mass is 16.5. The average molecular weight is 588 g/mol. The Morgan fingerprint density at radius 1 is 0.889 bits per heavy atom. The molecule has 0 saturated carbocycles. The Morgan fingerprint density at radius 2 is 1.64 bits per heavy atom. The van der Waals surface area contributed by atoms with E-state index in [9.17, 15) is 0 Å². The molecule has 1 aliphatic heterocycles. The molecule has 224 valence electrons. The number of nitrogens with two attached hydrogens (primary N) is 1. The minimum Gasteiger partial charge on any atom is -0.457 e. The number of fused-ring (bicyclic) bond motifs is 1. The van der Waals surface area contributed by atoms with Crippen LogP contribution in [-0.2, 0) is 12.8 Å². The van der Waals surface area contributed by atoms with E-state index < -0.39 is 0 Å². The third-order valence-corrected chi connectivity index (χ3v) is 7.88. The number of hydrogen-bond donors (Lipinski definition) is 1. The van der Waals surface area contributed by atoms with Gasteiger partial charge in [0.1, 0.15) is 11.5 Å². The largest absolute Gasteiger partial charge is 0.457 e. The average Bonchev–Trinajstić information content (AvgIpc) is 3.14. The van der Waals surface area contributed by atoms with Gasteiger partial charge in [-0.05, 0) is 83.4 Å². The highest BCUT2D eigenvalue weighted by molar-refractivity contribution is 5.88. The van der Waals surface area contributed by atoms with Crippen LogP contribution in [0.25, 0.3) is 22.3 Å². The van der Waals surface area contributed by atoms with Crippen LogP contribution in [0.2, 0.25) is 0 Å². The molecule has 5 rings (SSSR count). The molecule has 4 aromatic rings. The second-order valence-electron chi connectivity index (χ2n) is 11.3. The van der Waals surface area contributed by atoms with Crippen LogP contribution in [0, 0.1) is 0 Å². The Morgan fingerprint density at radius 3 is 2.42 bits per heavy atom. The molecule has 4 aromatic carbocycles. The zero-order chi connectivity index (χ0) is 31.6. The van der Waals surface area contributed by atoms with Crippen LogP contribution in [0.15, 0.2) is 170 Å². The molecule has 1 atom stereocenters. The van der Waals surface area contributed by atoms with Crippen LogP contribution in [-0.4, -0.2) is 0 Å². The molecule has 0 amide bonds. The number of allylic oxidation sites excluding steroid dienone is 11. The fourth-order valence-corrected chi connectivity index (χ4v) is 5.64. The van der Waals surface area contributed by atoms with Gasteiger partial charge in [-0.1, -0.05) is 152 Å². The smallest absolute Gasteiger partial charge is 0.138 e. The van der Waals surface area contributed by atoms with Crippen molar-refractivity contribution in [3.8, 4) is 16.9 Å². The lowest BCUT2D eigenvalue weighted by Crippen LogP contribution is -2.15. The number of hydrogen-bond acceptors (Lipinski definition) is 2. The highest BCUT2D eigenvalue weighted by Crippen LogP contribution is 2.36. The van der Waals surface area contributed by atoms with Crippen molar-refractivity contribution in [3.63, 3.8) is 0 Å². The first-order valence-corrected chi connectivity index (χ1v) is 15.5. The van der Waals surface area contributed by atoms with Crippen molar-refractivity contribution in [1.29, 1.82) is 0 Å². The van der Waals surface area contributed by atoms with Gasteiger partial charge >= 0.3 is 0 Å². The van der Waals surface area contributed by atoms with E-state index in [2.05, 4.69) is 141 Å². The van der Waals surface area contributed by atoms with Gasteiger partial charge in [0, 0.05) is 11.6 Å². The molecule has 0 aromatic heterocycles. The maximum Gasteiger partial charge on any atom is 0.138 e. The van der Waals surface area contributed by atoms with Gasteiger partial charge in [-0.2, -0.15) is 0 Å². The van der Waals surface area contributed by atoms with Crippen LogP contribution < -0.4 is 10.5 Å². The van der Waals surface area contributed by atoms with Crippen LogP contribution in [0.1, 0.15) is 47.7 Å². The van der Waals surface area contributed by atoms with E-state index in [1.165, 1.54) is 5.56 Å². The molecule has 1 heterocycles. The van der Waals surface area contributed by atoms with Crippen LogP contribution in [0.5, 0.6) is 5.75 Å². The minimum atomic E-state index is -0.145. The van der Waals surface area contributed by atoms with Gasteiger partial charge in [-0.15, -0.1) is 0 Å². The van der Waals surface area contributed by atoms with Gasteiger partial charge in [0.15, 0.2) is 0 Å². The lowest BCUT2D eigenvalue weighted by atomic mass is 9.89. The zero-order valence-corrected chi connectivity index (χ0v) is 26.2. The van der Waals surface area contributed by atoms with E-state index in [0.29, 0.717) is 5.76 Å². The molecule has 2 N–H and O–H groups in total. The summed E-state index contributed by atoms with van der Waals surface area (Å²) in [7, 11) is 0. The Kier molecular flexibility index (Phi) is 10.4. The predicted molar refractivity (Wildman–Crippen MR) is 193 cm³/mol. The van der Waals surface area contributed by atoms with Crippen molar-refractivity contribution < 1.29 is 4.74 Å². The molecular weight excluding hydrogens is 546 g/mol. The summed E-state index contributed by atoms with van der Waals surface area (Å²) < 4.78 is 6.24. The van der Waals surface area contributed by atoms with Crippen molar-refractivity contribution in [1.82, 2.24) is 0 Å². The summed E-state index contributed by atoms with van der Waals surface area (Å²) in [6.07, 6.45) is 18.1. The van der Waals surface area contributed by atoms with E-state index >= 15 is 0 Å². The molecule has 0 spiro atoms. The van der Waals surface area contributed by atoms with Gasteiger partial charge in [0.05, 0.1) is 0 Å². The quantitative estimate of drug-likeness (QED) is 0.198. The lowest BCUT2D eigenvalue weighted by Gasteiger charge is -2.18. The molecule has 1 unspecified atom stereocenters. The van der Waals surface area contributed by atoms with E-state index in [4.69, 9.17) is 10.5 Å². The van der Waals surface area contributed by atoms with E-state index in [1.54, 1.807) is 0 Å². The summed E-state index contributed by atoms with van der Waals surface area (Å²) >= 11 is 0. The summed E-state index contributed by atoms with van der Waals surface area (Å²) in [5.74, 6) is 1.46. The zero-order valence-electron chi connectivity index (χ0n) is 26.2. The van der Waals surface area contributed by atoms with Crippen molar-refractivity contribution in [3.05, 3.63) is 198 Å². The number of rotatable bonds is 9. The van der Waals surface area contributed by atoms with Gasteiger partial charge < -0.3 is 10.5 Å². The van der Waals surface area contributed by atoms with E-state index in [0.717, 1.165) is 68.7 Å². The fraction of sp³-hybridized carbons (Fsp3) is 0.116. The molecule has 45 heavy (non-hydrogen) atoms. The summed E-state index contributed by atoms with van der Waals surface area (Å²) in [4.78, 5) is 0. The topological polar surface area (TPSA) is 35.2 Å². The van der Waals surface area contributed by atoms with Gasteiger partial charge in [-0.25, -0.2) is 0 Å². The summed E-state index contributed by atoms with van der Waals surface area (Å²) in [6, 6.07) is 33.5. The Hall–Kier alpha value is -5.18. The number of benzene rings is 4. The van der Waals surface area contributed by atoms with E-state index in [-0.39, 0.29) is 6.04 Å². The third kappa shape index (κ3) is 8.06. The first-order valence-electron chi connectivity index (χ1n) is 15.5. The molecule has 0 bridgehead atoms. The Bertz CT molecular complexity index is 1810. The number of ether oxygens (including phenoxy) is 1. The van der Waals surface area contributed by atoms with Crippen LogP contribution >= 0.6 is 0 Å². The first kappa shape index (κ1) is 31.3. The normalized spacial score (nSPS) is 15.8. The molecule has 2 heteroatoms. The second kappa shape index (κ2) is 15.0. The van der Waals surface area contributed by atoms with Gasteiger partial charge in [0.2, 0.25) is 0 Å². The SMILES string of the molecule is C=C1/C=C\C=C/Cc2cccc(-c3ccc(C(=C)\C=C(/C=C(C)/C=C\C)c4ccccc4C(N)Cc4ccccc4)cc3)c2O1. The Balaban J connectivity index is 1.48. The second-order valence-corrected chi connectivity index (χ2v) is 11.3. The third-order valence-electron chi connectivity index (χ3n) is 7.88. The molecule has 0 fully saturated rings. The van der Waals surface area contributed by atoms with Gasteiger partial charge in [0.25, 0.3) is 0 Å². The lowest BCUT2D eigenvalue weighted by molar-refractivity contribution is 0.444. The molecule has 0 saturated heterocycles. The predicted octanol–water partition coefficient (Wildman–Crippen LogP) is 10.8. The monoisotopic (exact) mass is 587 g/mol. The summed E-state index contributed by atoms with van der Waals surface area (Å²) in [5.41, 5.74) is 17.7.